The molecule has 42 heavy (non-hydrogen) atoms. The fourth-order valence-corrected chi connectivity index (χ4v) is 6.72. The summed E-state index contributed by atoms with van der Waals surface area (Å²) < 4.78 is 28.6. The first-order valence-electron chi connectivity index (χ1n) is 13.8. The predicted molar refractivity (Wildman–Crippen MR) is 161 cm³/mol. The Kier molecular flexibility index (Phi) is 10.2. The number of carbonyl (C=O) groups is 2. The van der Waals surface area contributed by atoms with Gasteiger partial charge in [0.25, 0.3) is 15.7 Å². The van der Waals surface area contributed by atoms with Gasteiger partial charge in [0.05, 0.1) is 15.5 Å². The molecule has 0 unspecified atom stereocenters. The molecule has 1 saturated carbocycles. The Labute approximate surface area is 250 Å². The van der Waals surface area contributed by atoms with Gasteiger partial charge in [0.15, 0.2) is 0 Å². The summed E-state index contributed by atoms with van der Waals surface area (Å²) >= 11 is 6.43. The number of halogens is 1. The number of hydrogen-bond donors (Lipinski definition) is 1. The van der Waals surface area contributed by atoms with Gasteiger partial charge in [-0.15, -0.1) is 0 Å². The van der Waals surface area contributed by atoms with Gasteiger partial charge in [-0.05, 0) is 55.2 Å². The monoisotopic (exact) mass is 612 g/mol. The average Bonchev–Trinajstić information content (AvgIpc) is 3.50. The van der Waals surface area contributed by atoms with Crippen molar-refractivity contribution in [3.05, 3.63) is 99.6 Å². The molecule has 0 heterocycles. The van der Waals surface area contributed by atoms with E-state index in [0.717, 1.165) is 30.0 Å². The van der Waals surface area contributed by atoms with Gasteiger partial charge in [0.1, 0.15) is 12.6 Å². The first-order chi connectivity index (χ1) is 20.1. The molecule has 1 fully saturated rings. The topological polar surface area (TPSA) is 130 Å². The van der Waals surface area contributed by atoms with Gasteiger partial charge < -0.3 is 10.2 Å². The highest BCUT2D eigenvalue weighted by Gasteiger charge is 2.35. The number of nitro benzene ring substituents is 1. The summed E-state index contributed by atoms with van der Waals surface area (Å²) in [6.45, 7) is 1.13. The van der Waals surface area contributed by atoms with Crippen LogP contribution in [0.15, 0.2) is 83.8 Å². The number of hydrogen-bond acceptors (Lipinski definition) is 6. The van der Waals surface area contributed by atoms with E-state index in [2.05, 4.69) is 5.32 Å². The van der Waals surface area contributed by atoms with Crippen LogP contribution in [0.3, 0.4) is 0 Å². The van der Waals surface area contributed by atoms with Crippen LogP contribution in [0.5, 0.6) is 0 Å². The maximum Gasteiger partial charge on any atom is 0.269 e. The Balaban J connectivity index is 1.73. The standard InChI is InChI=1S/C30H33ClN4O6S/c1-2-28(30(37)32-23-11-7-8-12-23)33(20-22-10-6-9-15-27(22)31)29(36)21-34(24-16-18-25(19-17-24)35(38)39)42(40,41)26-13-4-3-5-14-26/h3-6,9-10,13-19,23,28H,2,7-8,11-12,20-21H2,1H3,(H,32,37)/t28-/m0/s1. The maximum absolute atomic E-state index is 14.1. The molecule has 4 rings (SSSR count). The van der Waals surface area contributed by atoms with Crippen LogP contribution in [0.2, 0.25) is 5.02 Å². The summed E-state index contributed by atoms with van der Waals surface area (Å²) in [4.78, 5) is 39.6. The van der Waals surface area contributed by atoms with Crippen molar-refractivity contribution in [1.82, 2.24) is 10.2 Å². The third kappa shape index (κ3) is 7.27. The molecule has 10 nitrogen and oxygen atoms in total. The highest BCUT2D eigenvalue weighted by Crippen LogP contribution is 2.27. The van der Waals surface area contributed by atoms with E-state index in [0.29, 0.717) is 10.6 Å². The number of sulfonamides is 1. The molecule has 0 aromatic heterocycles. The number of amides is 2. The molecule has 0 radical (unpaired) electrons. The number of benzene rings is 3. The third-order valence-corrected chi connectivity index (χ3v) is 9.50. The van der Waals surface area contributed by atoms with Gasteiger partial charge in [-0.2, -0.15) is 0 Å². The highest BCUT2D eigenvalue weighted by atomic mass is 35.5. The first-order valence-corrected chi connectivity index (χ1v) is 15.6. The smallest absolute Gasteiger partial charge is 0.269 e. The summed E-state index contributed by atoms with van der Waals surface area (Å²) in [5.41, 5.74) is 0.448. The van der Waals surface area contributed by atoms with E-state index in [-0.39, 0.29) is 41.2 Å². The van der Waals surface area contributed by atoms with Crippen LogP contribution in [0.4, 0.5) is 11.4 Å². The SMILES string of the molecule is CC[C@@H](C(=O)NC1CCCC1)N(Cc1ccccc1Cl)C(=O)CN(c1ccc([N+](=O)[O-])cc1)S(=O)(=O)c1ccccc1. The lowest BCUT2D eigenvalue weighted by Crippen LogP contribution is -2.53. The molecule has 1 aliphatic carbocycles. The number of carbonyl (C=O) groups excluding carboxylic acids is 2. The lowest BCUT2D eigenvalue weighted by molar-refractivity contribution is -0.384. The number of nitrogens with zero attached hydrogens (tertiary/aromatic N) is 3. The molecule has 0 bridgehead atoms. The lowest BCUT2D eigenvalue weighted by atomic mass is 10.1. The van der Waals surface area contributed by atoms with E-state index in [1.165, 1.54) is 41.3 Å². The number of non-ortho nitro benzene ring substituents is 1. The molecule has 3 aromatic rings. The molecule has 0 aliphatic heterocycles. The van der Waals surface area contributed by atoms with Crippen LogP contribution in [0.25, 0.3) is 0 Å². The molecule has 1 N–H and O–H groups in total. The molecule has 12 heteroatoms. The minimum absolute atomic E-state index is 0.0193. The zero-order valence-electron chi connectivity index (χ0n) is 23.2. The summed E-state index contributed by atoms with van der Waals surface area (Å²) in [7, 11) is -4.28. The molecule has 2 amide bonds. The maximum atomic E-state index is 14.1. The van der Waals surface area contributed by atoms with E-state index in [4.69, 9.17) is 11.6 Å². The molecule has 0 saturated heterocycles. The third-order valence-electron chi connectivity index (χ3n) is 7.34. The lowest BCUT2D eigenvalue weighted by Gasteiger charge is -2.34. The molecular weight excluding hydrogens is 580 g/mol. The van der Waals surface area contributed by atoms with E-state index in [1.54, 1.807) is 49.4 Å². The van der Waals surface area contributed by atoms with Gasteiger partial charge in [-0.1, -0.05) is 67.8 Å². The largest absolute Gasteiger partial charge is 0.352 e. The van der Waals surface area contributed by atoms with Crippen molar-refractivity contribution in [1.29, 1.82) is 0 Å². The quantitative estimate of drug-likeness (QED) is 0.218. The molecule has 3 aromatic carbocycles. The van der Waals surface area contributed by atoms with Crippen molar-refractivity contribution in [3.63, 3.8) is 0 Å². The van der Waals surface area contributed by atoms with E-state index in [1.807, 2.05) is 0 Å². The van der Waals surface area contributed by atoms with Crippen molar-refractivity contribution in [2.24, 2.45) is 0 Å². The minimum Gasteiger partial charge on any atom is -0.352 e. The van der Waals surface area contributed by atoms with Crippen molar-refractivity contribution < 1.29 is 22.9 Å². The Hall–Kier alpha value is -3.96. The molecule has 1 aliphatic rings. The molecule has 1 atom stereocenters. The van der Waals surface area contributed by atoms with Crippen LogP contribution in [-0.4, -0.2) is 48.7 Å². The second-order valence-corrected chi connectivity index (χ2v) is 12.4. The van der Waals surface area contributed by atoms with Crippen molar-refractivity contribution in [2.75, 3.05) is 10.8 Å². The minimum atomic E-state index is -4.28. The zero-order valence-corrected chi connectivity index (χ0v) is 24.8. The predicted octanol–water partition coefficient (Wildman–Crippen LogP) is 5.31. The van der Waals surface area contributed by atoms with Gasteiger partial charge in [0, 0.05) is 29.7 Å². The summed E-state index contributed by atoms with van der Waals surface area (Å²) in [6, 6.07) is 18.6. The van der Waals surface area contributed by atoms with Crippen LogP contribution in [0.1, 0.15) is 44.6 Å². The van der Waals surface area contributed by atoms with Crippen LogP contribution in [0, 0.1) is 10.1 Å². The summed E-state index contributed by atoms with van der Waals surface area (Å²) in [6.07, 6.45) is 4.06. The number of nitrogens with one attached hydrogen (secondary N) is 1. The second kappa shape index (κ2) is 13.8. The van der Waals surface area contributed by atoms with E-state index in [9.17, 15) is 28.1 Å². The van der Waals surface area contributed by atoms with Crippen molar-refractivity contribution in [2.45, 2.75) is 62.6 Å². The number of anilines is 1. The summed E-state index contributed by atoms with van der Waals surface area (Å²) in [5, 5.41) is 14.7. The van der Waals surface area contributed by atoms with Crippen LogP contribution in [-0.2, 0) is 26.2 Å². The van der Waals surface area contributed by atoms with E-state index < -0.39 is 33.4 Å². The molecule has 0 spiro atoms. The molecular formula is C30H33ClN4O6S. The van der Waals surface area contributed by atoms with Crippen LogP contribution < -0.4 is 9.62 Å². The van der Waals surface area contributed by atoms with Gasteiger partial charge in [0.2, 0.25) is 11.8 Å². The first kappa shape index (κ1) is 31.0. The van der Waals surface area contributed by atoms with Crippen molar-refractivity contribution >= 4 is 44.8 Å². The van der Waals surface area contributed by atoms with E-state index >= 15 is 0 Å². The van der Waals surface area contributed by atoms with Gasteiger partial charge in [-0.25, -0.2) is 8.42 Å². The van der Waals surface area contributed by atoms with Gasteiger partial charge >= 0.3 is 0 Å². The van der Waals surface area contributed by atoms with Crippen LogP contribution >= 0.6 is 11.6 Å². The summed E-state index contributed by atoms with van der Waals surface area (Å²) in [5.74, 6) is -0.932. The van der Waals surface area contributed by atoms with Crippen molar-refractivity contribution in [3.8, 4) is 0 Å². The van der Waals surface area contributed by atoms with Gasteiger partial charge in [-0.3, -0.25) is 24.0 Å². The fraction of sp³-hybridized carbons (Fsp3) is 0.333. The second-order valence-electron chi connectivity index (χ2n) is 10.1. The number of nitro groups is 1. The zero-order chi connectivity index (χ0) is 30.3. The highest BCUT2D eigenvalue weighted by molar-refractivity contribution is 7.92. The number of rotatable bonds is 12. The average molecular weight is 613 g/mol. The Morgan fingerprint density at radius 2 is 1.62 bits per heavy atom. The Morgan fingerprint density at radius 3 is 2.21 bits per heavy atom. The fourth-order valence-electron chi connectivity index (χ4n) is 5.09. The Bertz CT molecular complexity index is 1510. The Morgan fingerprint density at radius 1 is 1.00 bits per heavy atom. The molecule has 222 valence electrons. The normalized spacial score (nSPS) is 14.2.